The van der Waals surface area contributed by atoms with Gasteiger partial charge in [0, 0.05) is 6.08 Å². The fourth-order valence-corrected chi connectivity index (χ4v) is 2.82. The summed E-state index contributed by atoms with van der Waals surface area (Å²) in [5.74, 6) is 0.624. The van der Waals surface area contributed by atoms with Gasteiger partial charge in [0.1, 0.15) is 6.10 Å². The maximum absolute atomic E-state index is 12.1. The number of allylic oxidation sites excluding steroid dienone is 1. The van der Waals surface area contributed by atoms with Crippen molar-refractivity contribution in [3.05, 3.63) is 24.0 Å². The Morgan fingerprint density at radius 2 is 2.24 bits per heavy atom. The second-order valence-electron chi connectivity index (χ2n) is 5.61. The molecule has 2 aliphatic rings. The first-order valence-corrected chi connectivity index (χ1v) is 7.54. The third-order valence-corrected chi connectivity index (χ3v) is 3.95. The fraction of sp³-hybridized carbons (Fsp3) is 0.600. The SMILES string of the molecule is O=C(C=C1CCCCC1)N[C@H]1COC[C@H]1Oc1cn[nH]c1. The van der Waals surface area contributed by atoms with E-state index in [0.29, 0.717) is 19.0 Å². The molecule has 1 saturated heterocycles. The molecular weight excluding hydrogens is 270 g/mol. The number of aromatic amines is 1. The second-order valence-corrected chi connectivity index (χ2v) is 5.61. The first-order chi connectivity index (χ1) is 10.3. The Morgan fingerprint density at radius 1 is 1.38 bits per heavy atom. The number of nitrogens with one attached hydrogen (secondary N) is 2. The first kappa shape index (κ1) is 14.1. The van der Waals surface area contributed by atoms with Crippen LogP contribution in [0.1, 0.15) is 32.1 Å². The molecule has 2 atom stereocenters. The monoisotopic (exact) mass is 291 g/mol. The van der Waals surface area contributed by atoms with Crippen LogP contribution in [0.4, 0.5) is 0 Å². The molecule has 2 N–H and O–H groups in total. The molecule has 21 heavy (non-hydrogen) atoms. The summed E-state index contributed by atoms with van der Waals surface area (Å²) >= 11 is 0. The third-order valence-electron chi connectivity index (χ3n) is 3.95. The molecule has 0 radical (unpaired) electrons. The van der Waals surface area contributed by atoms with Crippen LogP contribution in [0.25, 0.3) is 0 Å². The molecular formula is C15H21N3O3. The van der Waals surface area contributed by atoms with Crippen molar-refractivity contribution < 1.29 is 14.3 Å². The number of aromatic nitrogens is 2. The van der Waals surface area contributed by atoms with E-state index in [4.69, 9.17) is 9.47 Å². The summed E-state index contributed by atoms with van der Waals surface area (Å²) in [5, 5.41) is 9.53. The Morgan fingerprint density at radius 3 is 3.00 bits per heavy atom. The molecule has 1 aromatic heterocycles. The van der Waals surface area contributed by atoms with Crippen LogP contribution in [0.2, 0.25) is 0 Å². The number of rotatable bonds is 4. The van der Waals surface area contributed by atoms with Crippen LogP contribution in [0.15, 0.2) is 24.0 Å². The van der Waals surface area contributed by atoms with Gasteiger partial charge in [-0.1, -0.05) is 12.0 Å². The van der Waals surface area contributed by atoms with Crippen LogP contribution in [-0.4, -0.2) is 41.5 Å². The van der Waals surface area contributed by atoms with Gasteiger partial charge >= 0.3 is 0 Å². The van der Waals surface area contributed by atoms with Gasteiger partial charge in [-0.15, -0.1) is 0 Å². The molecule has 1 saturated carbocycles. The summed E-state index contributed by atoms with van der Waals surface area (Å²) in [7, 11) is 0. The Labute approximate surface area is 123 Å². The number of hydrogen-bond donors (Lipinski definition) is 2. The minimum Gasteiger partial charge on any atom is -0.482 e. The minimum absolute atomic E-state index is 0.0387. The molecule has 1 aromatic rings. The van der Waals surface area contributed by atoms with Gasteiger partial charge in [-0.05, 0) is 25.7 Å². The predicted molar refractivity (Wildman–Crippen MR) is 76.9 cm³/mol. The molecule has 0 aromatic carbocycles. The van der Waals surface area contributed by atoms with E-state index in [2.05, 4.69) is 15.5 Å². The molecule has 6 heteroatoms. The molecule has 3 rings (SSSR count). The summed E-state index contributed by atoms with van der Waals surface area (Å²) in [6.07, 6.45) is 10.6. The van der Waals surface area contributed by atoms with Crippen molar-refractivity contribution >= 4 is 5.91 Å². The Bertz CT molecular complexity index is 490. The number of nitrogens with zero attached hydrogens (tertiary/aromatic N) is 1. The van der Waals surface area contributed by atoms with E-state index >= 15 is 0 Å². The summed E-state index contributed by atoms with van der Waals surface area (Å²) in [6, 6.07) is -0.118. The van der Waals surface area contributed by atoms with E-state index in [9.17, 15) is 4.79 Å². The first-order valence-electron chi connectivity index (χ1n) is 7.54. The lowest BCUT2D eigenvalue weighted by Crippen LogP contribution is -2.44. The molecule has 2 fully saturated rings. The van der Waals surface area contributed by atoms with Crippen LogP contribution in [0.5, 0.6) is 5.75 Å². The lowest BCUT2D eigenvalue weighted by atomic mass is 9.94. The zero-order valence-electron chi connectivity index (χ0n) is 12.0. The number of carbonyl (C=O) groups is 1. The van der Waals surface area contributed by atoms with Gasteiger partial charge in [0.2, 0.25) is 5.91 Å². The van der Waals surface area contributed by atoms with Gasteiger partial charge in [0.15, 0.2) is 5.75 Å². The largest absolute Gasteiger partial charge is 0.482 e. The van der Waals surface area contributed by atoms with Crippen LogP contribution < -0.4 is 10.1 Å². The lowest BCUT2D eigenvalue weighted by Gasteiger charge is -2.19. The van der Waals surface area contributed by atoms with E-state index in [-0.39, 0.29) is 18.1 Å². The molecule has 1 aliphatic carbocycles. The summed E-state index contributed by atoms with van der Waals surface area (Å²) in [6.45, 7) is 0.962. The number of hydrogen-bond acceptors (Lipinski definition) is 4. The summed E-state index contributed by atoms with van der Waals surface area (Å²) in [4.78, 5) is 12.1. The third kappa shape index (κ3) is 3.85. The van der Waals surface area contributed by atoms with Gasteiger partial charge in [0.25, 0.3) is 0 Å². The Kier molecular flexibility index (Phi) is 4.55. The molecule has 1 amide bonds. The Hall–Kier alpha value is -1.82. The number of amides is 1. The van der Waals surface area contributed by atoms with E-state index < -0.39 is 0 Å². The number of H-pyrrole nitrogens is 1. The number of ether oxygens (including phenoxy) is 2. The molecule has 6 nitrogen and oxygen atoms in total. The van der Waals surface area contributed by atoms with Gasteiger partial charge in [0.05, 0.1) is 31.6 Å². The standard InChI is InChI=1S/C15H21N3O3/c19-15(6-11-4-2-1-3-5-11)18-13-9-20-10-14(13)21-12-7-16-17-8-12/h6-8,13-14H,1-5,9-10H2,(H,16,17)(H,18,19)/t13-,14+/m0/s1. The summed E-state index contributed by atoms with van der Waals surface area (Å²) in [5.41, 5.74) is 1.25. The van der Waals surface area contributed by atoms with Crippen molar-refractivity contribution in [1.82, 2.24) is 15.5 Å². The van der Waals surface area contributed by atoms with Gasteiger partial charge in [-0.25, -0.2) is 0 Å². The van der Waals surface area contributed by atoms with Gasteiger partial charge < -0.3 is 14.8 Å². The maximum Gasteiger partial charge on any atom is 0.244 e. The van der Waals surface area contributed by atoms with Crippen molar-refractivity contribution in [3.63, 3.8) is 0 Å². The second kappa shape index (κ2) is 6.76. The quantitative estimate of drug-likeness (QED) is 0.825. The van der Waals surface area contributed by atoms with Crippen LogP contribution in [0.3, 0.4) is 0 Å². The lowest BCUT2D eigenvalue weighted by molar-refractivity contribution is -0.117. The van der Waals surface area contributed by atoms with E-state index in [1.807, 2.05) is 0 Å². The van der Waals surface area contributed by atoms with Gasteiger partial charge in [-0.3, -0.25) is 9.89 Å². The molecule has 114 valence electrons. The molecule has 2 heterocycles. The molecule has 1 aliphatic heterocycles. The normalized spacial score (nSPS) is 25.6. The predicted octanol–water partition coefficient (Wildman–Crippen LogP) is 1.56. The van der Waals surface area contributed by atoms with Crippen molar-refractivity contribution in [3.8, 4) is 5.75 Å². The average Bonchev–Trinajstić information content (AvgIpc) is 3.13. The maximum atomic E-state index is 12.1. The molecule has 0 spiro atoms. The zero-order valence-corrected chi connectivity index (χ0v) is 12.0. The van der Waals surface area contributed by atoms with Crippen LogP contribution in [0, 0.1) is 0 Å². The van der Waals surface area contributed by atoms with E-state index in [1.165, 1.54) is 24.8 Å². The van der Waals surface area contributed by atoms with Crippen molar-refractivity contribution in [2.75, 3.05) is 13.2 Å². The number of carbonyl (C=O) groups excluding carboxylic acids is 1. The zero-order chi connectivity index (χ0) is 14.5. The summed E-state index contributed by atoms with van der Waals surface area (Å²) < 4.78 is 11.2. The van der Waals surface area contributed by atoms with Crippen molar-refractivity contribution in [2.24, 2.45) is 0 Å². The van der Waals surface area contributed by atoms with Gasteiger partial charge in [-0.2, -0.15) is 5.10 Å². The van der Waals surface area contributed by atoms with Crippen LogP contribution in [-0.2, 0) is 9.53 Å². The highest BCUT2D eigenvalue weighted by Gasteiger charge is 2.31. The molecule has 0 bridgehead atoms. The van der Waals surface area contributed by atoms with Crippen LogP contribution >= 0.6 is 0 Å². The van der Waals surface area contributed by atoms with Crippen molar-refractivity contribution in [1.29, 1.82) is 0 Å². The highest BCUT2D eigenvalue weighted by molar-refractivity contribution is 5.88. The van der Waals surface area contributed by atoms with E-state index in [1.54, 1.807) is 18.5 Å². The smallest absolute Gasteiger partial charge is 0.244 e. The highest BCUT2D eigenvalue weighted by Crippen LogP contribution is 2.22. The Balaban J connectivity index is 1.54. The highest BCUT2D eigenvalue weighted by atomic mass is 16.5. The average molecular weight is 291 g/mol. The molecule has 0 unspecified atom stereocenters. The fourth-order valence-electron chi connectivity index (χ4n) is 2.82. The van der Waals surface area contributed by atoms with E-state index in [0.717, 1.165) is 12.8 Å². The topological polar surface area (TPSA) is 76.2 Å². The van der Waals surface area contributed by atoms with Crippen molar-refractivity contribution in [2.45, 2.75) is 44.2 Å². The minimum atomic E-state index is -0.170.